The Morgan fingerprint density at radius 1 is 1.23 bits per heavy atom. The lowest BCUT2D eigenvalue weighted by molar-refractivity contribution is -0.116. The third-order valence-corrected chi connectivity index (χ3v) is 7.27. The average molecular weight is 465 g/mol. The first kappa shape index (κ1) is 23.5. The van der Waals surface area contributed by atoms with E-state index in [1.165, 1.54) is 22.2 Å². The van der Waals surface area contributed by atoms with Gasteiger partial charge in [-0.15, -0.1) is 0 Å². The van der Waals surface area contributed by atoms with Crippen molar-refractivity contribution in [1.82, 2.24) is 19.4 Å². The molecule has 31 heavy (non-hydrogen) atoms. The Morgan fingerprint density at radius 2 is 1.87 bits per heavy atom. The molecule has 0 spiro atoms. The topological polar surface area (TPSA) is 84.3 Å². The number of amides is 1. The van der Waals surface area contributed by atoms with Gasteiger partial charge in [-0.05, 0) is 44.2 Å². The molecule has 1 aromatic carbocycles. The minimum atomic E-state index is -3.13. The third kappa shape index (κ3) is 6.41. The summed E-state index contributed by atoms with van der Waals surface area (Å²) in [7, 11) is -3.13. The van der Waals surface area contributed by atoms with Crippen molar-refractivity contribution in [2.75, 3.05) is 25.9 Å². The van der Waals surface area contributed by atoms with E-state index in [2.05, 4.69) is 22.5 Å². The monoisotopic (exact) mass is 464 g/mol. The minimum Gasteiger partial charge on any atom is -0.352 e. The highest BCUT2D eigenvalue weighted by atomic mass is 35.5. The number of sulfonamides is 1. The molecule has 3 rings (SSSR count). The third-order valence-electron chi connectivity index (χ3n) is 5.57. The van der Waals surface area contributed by atoms with Crippen LogP contribution in [0.5, 0.6) is 0 Å². The Labute approximate surface area is 189 Å². The molecule has 168 valence electrons. The van der Waals surface area contributed by atoms with E-state index in [1.807, 2.05) is 26.0 Å². The van der Waals surface area contributed by atoms with Gasteiger partial charge in [0.15, 0.2) is 0 Å². The number of nitrogens with one attached hydrogen (secondary N) is 1. The highest BCUT2D eigenvalue weighted by molar-refractivity contribution is 7.88. The predicted molar refractivity (Wildman–Crippen MR) is 123 cm³/mol. The van der Waals surface area contributed by atoms with Gasteiger partial charge in [0.1, 0.15) is 5.15 Å². The van der Waals surface area contributed by atoms with Crippen molar-refractivity contribution < 1.29 is 13.2 Å². The molecule has 0 unspecified atom stereocenters. The van der Waals surface area contributed by atoms with Gasteiger partial charge < -0.3 is 5.32 Å². The molecule has 1 fully saturated rings. The summed E-state index contributed by atoms with van der Waals surface area (Å²) in [6.45, 7) is 6.01. The molecule has 0 bridgehead atoms. The van der Waals surface area contributed by atoms with Gasteiger partial charge in [-0.3, -0.25) is 4.79 Å². The van der Waals surface area contributed by atoms with Crippen LogP contribution < -0.4 is 5.32 Å². The fourth-order valence-corrected chi connectivity index (χ4v) is 4.81. The zero-order valence-corrected chi connectivity index (χ0v) is 19.7. The molecular formula is C22H29ClN4O3S. The molecule has 1 amide bonds. The Balaban J connectivity index is 1.53. The second-order valence-electron chi connectivity index (χ2n) is 8.12. The standard InChI is InChI=1S/C22H29ClN4O3S/c1-16-4-6-19(7-5-16)15-27-22(23)20(17(2)25-27)8-9-21(28)24-14-18-10-12-26(13-11-18)31(3,29)30/h4-9,18H,10-15H2,1-3H3,(H,24,28)/b9-8+. The zero-order chi connectivity index (χ0) is 22.6. The van der Waals surface area contributed by atoms with E-state index in [1.54, 1.807) is 10.8 Å². The summed E-state index contributed by atoms with van der Waals surface area (Å²) in [5, 5.41) is 7.90. The summed E-state index contributed by atoms with van der Waals surface area (Å²) in [6, 6.07) is 8.20. The van der Waals surface area contributed by atoms with Crippen molar-refractivity contribution >= 4 is 33.6 Å². The second kappa shape index (κ2) is 9.97. The Bertz CT molecular complexity index is 1050. The van der Waals surface area contributed by atoms with Crippen molar-refractivity contribution in [2.45, 2.75) is 33.2 Å². The first-order valence-corrected chi connectivity index (χ1v) is 12.6. The molecule has 1 aliphatic heterocycles. The van der Waals surface area contributed by atoms with Gasteiger partial charge >= 0.3 is 0 Å². The number of rotatable bonds is 7. The van der Waals surface area contributed by atoms with E-state index in [4.69, 9.17) is 11.6 Å². The van der Waals surface area contributed by atoms with Crippen LogP contribution in [0.2, 0.25) is 5.15 Å². The smallest absolute Gasteiger partial charge is 0.244 e. The van der Waals surface area contributed by atoms with Crippen molar-refractivity contribution in [3.8, 4) is 0 Å². The van der Waals surface area contributed by atoms with Crippen LogP contribution in [0.4, 0.5) is 0 Å². The maximum atomic E-state index is 12.3. The van der Waals surface area contributed by atoms with Crippen molar-refractivity contribution in [3.63, 3.8) is 0 Å². The average Bonchev–Trinajstić information content (AvgIpc) is 2.99. The SMILES string of the molecule is Cc1ccc(Cn2nc(C)c(/C=C/C(=O)NCC3CCN(S(C)(=O)=O)CC3)c2Cl)cc1. The molecule has 9 heteroatoms. The van der Waals surface area contributed by atoms with Gasteiger partial charge in [0.2, 0.25) is 15.9 Å². The number of nitrogens with zero attached hydrogens (tertiary/aromatic N) is 3. The minimum absolute atomic E-state index is 0.202. The van der Waals surface area contributed by atoms with Crippen molar-refractivity contribution in [2.24, 2.45) is 5.92 Å². The molecule has 2 aromatic rings. The second-order valence-corrected chi connectivity index (χ2v) is 10.5. The lowest BCUT2D eigenvalue weighted by atomic mass is 9.98. The van der Waals surface area contributed by atoms with Crippen LogP contribution in [-0.2, 0) is 21.4 Å². The highest BCUT2D eigenvalue weighted by Crippen LogP contribution is 2.23. The molecule has 1 saturated heterocycles. The van der Waals surface area contributed by atoms with E-state index >= 15 is 0 Å². The quantitative estimate of drug-likeness (QED) is 0.638. The molecule has 7 nitrogen and oxygen atoms in total. The van der Waals surface area contributed by atoms with Crippen molar-refractivity contribution in [3.05, 3.63) is 57.9 Å². The molecule has 1 aliphatic rings. The maximum Gasteiger partial charge on any atom is 0.244 e. The van der Waals surface area contributed by atoms with Crippen molar-refractivity contribution in [1.29, 1.82) is 0 Å². The maximum absolute atomic E-state index is 12.3. The highest BCUT2D eigenvalue weighted by Gasteiger charge is 2.24. The van der Waals surface area contributed by atoms with Gasteiger partial charge in [-0.25, -0.2) is 17.4 Å². The molecule has 1 aromatic heterocycles. The number of carbonyl (C=O) groups is 1. The van der Waals surface area contributed by atoms with Gasteiger partial charge in [-0.2, -0.15) is 5.10 Å². The molecule has 1 N–H and O–H groups in total. The summed E-state index contributed by atoms with van der Waals surface area (Å²) >= 11 is 6.51. The van der Waals surface area contributed by atoms with Crippen LogP contribution in [0.25, 0.3) is 6.08 Å². The number of piperidine rings is 1. The van der Waals surface area contributed by atoms with E-state index in [0.29, 0.717) is 31.3 Å². The van der Waals surface area contributed by atoms with Crippen LogP contribution in [0.15, 0.2) is 30.3 Å². The van der Waals surface area contributed by atoms with Gasteiger partial charge in [-0.1, -0.05) is 41.4 Å². The fraction of sp³-hybridized carbons (Fsp3) is 0.455. The number of carbonyl (C=O) groups excluding carboxylic acids is 1. The Morgan fingerprint density at radius 3 is 2.48 bits per heavy atom. The number of hydrogen-bond donors (Lipinski definition) is 1. The van der Waals surface area contributed by atoms with Crippen LogP contribution in [0.3, 0.4) is 0 Å². The molecule has 2 heterocycles. The summed E-state index contributed by atoms with van der Waals surface area (Å²) in [6.07, 6.45) is 5.88. The lowest BCUT2D eigenvalue weighted by Gasteiger charge is -2.30. The number of aromatic nitrogens is 2. The molecule has 0 saturated carbocycles. The van der Waals surface area contributed by atoms with E-state index < -0.39 is 10.0 Å². The van der Waals surface area contributed by atoms with Crippen LogP contribution in [0.1, 0.15) is 35.2 Å². The van der Waals surface area contributed by atoms with Crippen LogP contribution >= 0.6 is 11.6 Å². The van der Waals surface area contributed by atoms with Gasteiger partial charge in [0.05, 0.1) is 18.5 Å². The Hall–Kier alpha value is -2.16. The van der Waals surface area contributed by atoms with Crippen LogP contribution in [0, 0.1) is 19.8 Å². The fourth-order valence-electron chi connectivity index (χ4n) is 3.64. The van der Waals surface area contributed by atoms with Crippen LogP contribution in [-0.4, -0.2) is 54.3 Å². The summed E-state index contributed by atoms with van der Waals surface area (Å²) in [5.41, 5.74) is 3.78. The van der Waals surface area contributed by atoms with Gasteiger partial charge in [0.25, 0.3) is 0 Å². The summed E-state index contributed by atoms with van der Waals surface area (Å²) in [4.78, 5) is 12.3. The first-order valence-electron chi connectivity index (χ1n) is 10.3. The number of aryl methyl sites for hydroxylation is 2. The molecule has 0 radical (unpaired) electrons. The van der Waals surface area contributed by atoms with Gasteiger partial charge in [0, 0.05) is 31.3 Å². The lowest BCUT2D eigenvalue weighted by Crippen LogP contribution is -2.40. The van der Waals surface area contributed by atoms with E-state index in [9.17, 15) is 13.2 Å². The van der Waals surface area contributed by atoms with E-state index in [-0.39, 0.29) is 11.8 Å². The first-order chi connectivity index (χ1) is 14.6. The van der Waals surface area contributed by atoms with E-state index in [0.717, 1.165) is 29.7 Å². The number of benzene rings is 1. The molecule has 0 atom stereocenters. The normalized spacial score (nSPS) is 16.1. The number of hydrogen-bond acceptors (Lipinski definition) is 4. The zero-order valence-electron chi connectivity index (χ0n) is 18.1. The Kier molecular flexibility index (Phi) is 7.56. The molecular weight excluding hydrogens is 436 g/mol. The largest absolute Gasteiger partial charge is 0.352 e. The summed E-state index contributed by atoms with van der Waals surface area (Å²) in [5.74, 6) is 0.0743. The summed E-state index contributed by atoms with van der Waals surface area (Å²) < 4.78 is 26.4. The predicted octanol–water partition coefficient (Wildman–Crippen LogP) is 3.00. The molecule has 0 aliphatic carbocycles. The number of halogens is 1.